The lowest BCUT2D eigenvalue weighted by atomic mass is 10.2. The minimum Gasteiger partial charge on any atom is -0.493 e. The summed E-state index contributed by atoms with van der Waals surface area (Å²) in [6, 6.07) is 28.7. The maximum Gasteiger partial charge on any atom is 0.317 e. The summed E-state index contributed by atoms with van der Waals surface area (Å²) in [5.74, 6) is 2.62. The Morgan fingerprint density at radius 3 is 2.41 bits per heavy atom. The third kappa shape index (κ3) is 7.78. The molecule has 0 saturated heterocycles. The molecule has 0 saturated carbocycles. The fourth-order valence-corrected chi connectivity index (χ4v) is 5.28. The number of alkyl halides is 1. The van der Waals surface area contributed by atoms with E-state index in [1.54, 1.807) is 0 Å². The zero-order valence-corrected chi connectivity index (χ0v) is 25.0. The van der Waals surface area contributed by atoms with Crippen molar-refractivity contribution in [1.29, 1.82) is 0 Å². The maximum atomic E-state index is 11.6. The van der Waals surface area contributed by atoms with Crippen molar-refractivity contribution in [2.45, 2.75) is 23.9 Å². The number of hydrogen-bond acceptors (Lipinski definition) is 6. The van der Waals surface area contributed by atoms with Crippen molar-refractivity contribution in [3.63, 3.8) is 0 Å². The molecule has 0 aliphatic heterocycles. The van der Waals surface area contributed by atoms with E-state index in [0.717, 1.165) is 38.3 Å². The molecule has 0 aliphatic carbocycles. The average Bonchev–Trinajstić information content (AvgIpc) is 3.61. The van der Waals surface area contributed by atoms with E-state index in [1.807, 2.05) is 95.9 Å². The highest BCUT2D eigenvalue weighted by atomic mass is 127. The van der Waals surface area contributed by atoms with Crippen molar-refractivity contribution in [3.05, 3.63) is 119 Å². The molecule has 0 fully saturated rings. The van der Waals surface area contributed by atoms with E-state index in [-0.39, 0.29) is 6.54 Å². The molecule has 9 heteroatoms. The number of ether oxygens (including phenoxy) is 1. The Kier molecular flexibility index (Phi) is 9.76. The monoisotopic (exact) mass is 682 g/mol. The predicted molar refractivity (Wildman–Crippen MR) is 166 cm³/mol. The fourth-order valence-electron chi connectivity index (χ4n) is 4.45. The van der Waals surface area contributed by atoms with Crippen molar-refractivity contribution in [1.82, 2.24) is 9.88 Å². The standard InChI is InChI=1S/C32H28ClIN2O5/c33-27-9-5-4-8-26(27)29-15-14-25(40-29)20-36(21-31(37)38)19-22-10-12-24(13-11-22)39-17-16-28-30(18-34)41-32(35-28)23-6-2-1-3-7-23/h1-15H,16-21H2,(H,37,38). The molecule has 0 radical (unpaired) electrons. The first-order valence-corrected chi connectivity index (χ1v) is 15.0. The highest BCUT2D eigenvalue weighted by Crippen LogP contribution is 2.30. The molecule has 0 unspecified atom stereocenters. The van der Waals surface area contributed by atoms with Crippen LogP contribution in [-0.4, -0.2) is 34.1 Å². The van der Waals surface area contributed by atoms with Gasteiger partial charge in [-0.3, -0.25) is 9.69 Å². The first-order chi connectivity index (χ1) is 20.0. The van der Waals surface area contributed by atoms with Gasteiger partial charge in [-0.05, 0) is 54.1 Å². The number of benzene rings is 3. The summed E-state index contributed by atoms with van der Waals surface area (Å²) in [5.41, 5.74) is 3.61. The molecule has 0 aliphatic rings. The molecule has 2 heterocycles. The van der Waals surface area contributed by atoms with Crippen LogP contribution in [0.3, 0.4) is 0 Å². The summed E-state index contributed by atoms with van der Waals surface area (Å²) >= 11 is 8.58. The molecule has 7 nitrogen and oxygen atoms in total. The highest BCUT2D eigenvalue weighted by Gasteiger charge is 2.16. The lowest BCUT2D eigenvalue weighted by Crippen LogP contribution is -2.28. The minimum absolute atomic E-state index is 0.123. The van der Waals surface area contributed by atoms with Gasteiger partial charge in [0.2, 0.25) is 5.89 Å². The van der Waals surface area contributed by atoms with Gasteiger partial charge in [-0.25, -0.2) is 4.98 Å². The third-order valence-corrected chi connectivity index (χ3v) is 7.42. The van der Waals surface area contributed by atoms with Crippen molar-refractivity contribution in [2.24, 2.45) is 0 Å². The summed E-state index contributed by atoms with van der Waals surface area (Å²) in [5, 5.41) is 10.1. The normalized spacial score (nSPS) is 11.2. The molecule has 0 spiro atoms. The smallest absolute Gasteiger partial charge is 0.317 e. The second-order valence-electron chi connectivity index (χ2n) is 9.42. The molecule has 5 rings (SSSR count). The number of carboxylic acids is 1. The number of furan rings is 1. The summed E-state index contributed by atoms with van der Waals surface area (Å²) in [6.07, 6.45) is 0.627. The summed E-state index contributed by atoms with van der Waals surface area (Å²) in [6.45, 7) is 1.12. The van der Waals surface area contributed by atoms with Gasteiger partial charge in [-0.2, -0.15) is 0 Å². The molecular weight excluding hydrogens is 655 g/mol. The Morgan fingerprint density at radius 1 is 0.927 bits per heavy atom. The number of aliphatic carboxylic acids is 1. The number of hydrogen-bond donors (Lipinski definition) is 1. The van der Waals surface area contributed by atoms with E-state index in [1.165, 1.54) is 0 Å². The van der Waals surface area contributed by atoms with Crippen LogP contribution in [0.1, 0.15) is 22.8 Å². The molecule has 5 aromatic rings. The van der Waals surface area contributed by atoms with E-state index in [0.29, 0.717) is 48.6 Å². The Hall–Kier alpha value is -3.60. The molecule has 41 heavy (non-hydrogen) atoms. The fraction of sp³-hybridized carbons (Fsp3) is 0.188. The van der Waals surface area contributed by atoms with Crippen LogP contribution in [0.2, 0.25) is 5.02 Å². The van der Waals surface area contributed by atoms with E-state index in [4.69, 9.17) is 30.2 Å². The number of carboxylic acid groups (broad SMARTS) is 1. The quantitative estimate of drug-likeness (QED) is 0.0998. The van der Waals surface area contributed by atoms with Gasteiger partial charge in [0, 0.05) is 24.1 Å². The van der Waals surface area contributed by atoms with Crippen LogP contribution in [-0.2, 0) is 28.7 Å². The number of oxazole rings is 1. The Balaban J connectivity index is 1.17. The molecule has 3 aromatic carbocycles. The Bertz CT molecular complexity index is 1580. The summed E-state index contributed by atoms with van der Waals surface area (Å²) in [7, 11) is 0. The first-order valence-electron chi connectivity index (χ1n) is 13.1. The molecule has 210 valence electrons. The van der Waals surface area contributed by atoms with Gasteiger partial charge in [0.05, 0.1) is 34.8 Å². The maximum absolute atomic E-state index is 11.6. The minimum atomic E-state index is -0.906. The topological polar surface area (TPSA) is 88.9 Å². The van der Waals surface area contributed by atoms with Crippen molar-refractivity contribution in [3.8, 4) is 28.5 Å². The number of rotatable bonds is 13. The Labute approximate surface area is 256 Å². The van der Waals surface area contributed by atoms with Crippen LogP contribution < -0.4 is 4.74 Å². The van der Waals surface area contributed by atoms with Crippen LogP contribution in [0, 0.1) is 0 Å². The number of aromatic nitrogens is 1. The number of nitrogens with zero attached hydrogens (tertiary/aromatic N) is 2. The van der Waals surface area contributed by atoms with Gasteiger partial charge in [-0.1, -0.05) is 76.7 Å². The second-order valence-corrected chi connectivity index (χ2v) is 10.6. The summed E-state index contributed by atoms with van der Waals surface area (Å²) < 4.78 is 18.7. The van der Waals surface area contributed by atoms with Crippen LogP contribution in [0.4, 0.5) is 0 Å². The molecular formula is C32H28ClIN2O5. The van der Waals surface area contributed by atoms with E-state index in [2.05, 4.69) is 22.6 Å². The molecule has 0 bridgehead atoms. The third-order valence-electron chi connectivity index (χ3n) is 6.40. The van der Waals surface area contributed by atoms with Crippen LogP contribution in [0.15, 0.2) is 99.8 Å². The van der Waals surface area contributed by atoms with E-state index < -0.39 is 5.97 Å². The lowest BCUT2D eigenvalue weighted by Gasteiger charge is -2.19. The van der Waals surface area contributed by atoms with E-state index in [9.17, 15) is 9.90 Å². The van der Waals surface area contributed by atoms with Crippen LogP contribution >= 0.6 is 34.2 Å². The molecule has 0 amide bonds. The van der Waals surface area contributed by atoms with Gasteiger partial charge < -0.3 is 18.7 Å². The second kappa shape index (κ2) is 13.8. The highest BCUT2D eigenvalue weighted by molar-refractivity contribution is 14.1. The largest absolute Gasteiger partial charge is 0.493 e. The molecule has 0 atom stereocenters. The molecule has 2 aromatic heterocycles. The van der Waals surface area contributed by atoms with Gasteiger partial charge in [0.25, 0.3) is 0 Å². The first kappa shape index (κ1) is 28.9. The predicted octanol–water partition coefficient (Wildman–Crippen LogP) is 7.90. The van der Waals surface area contributed by atoms with Gasteiger partial charge in [0.15, 0.2) is 0 Å². The van der Waals surface area contributed by atoms with Crippen molar-refractivity contribution < 1.29 is 23.5 Å². The number of carbonyl (C=O) groups is 1. The van der Waals surface area contributed by atoms with Crippen molar-refractivity contribution >= 4 is 40.2 Å². The average molecular weight is 683 g/mol. The van der Waals surface area contributed by atoms with Gasteiger partial charge >= 0.3 is 5.97 Å². The van der Waals surface area contributed by atoms with Gasteiger partial charge in [0.1, 0.15) is 23.0 Å². The Morgan fingerprint density at radius 2 is 1.68 bits per heavy atom. The van der Waals surface area contributed by atoms with Crippen LogP contribution in [0.25, 0.3) is 22.8 Å². The van der Waals surface area contributed by atoms with E-state index >= 15 is 0 Å². The summed E-state index contributed by atoms with van der Waals surface area (Å²) in [4.78, 5) is 18.1. The zero-order valence-electron chi connectivity index (χ0n) is 22.1. The molecule has 1 N–H and O–H groups in total. The van der Waals surface area contributed by atoms with Crippen LogP contribution in [0.5, 0.6) is 5.75 Å². The SMILES string of the molecule is O=C(O)CN(Cc1ccc(OCCc2nc(-c3ccccc3)oc2CI)cc1)Cc1ccc(-c2ccccc2Cl)o1. The number of halogens is 2. The zero-order chi connectivity index (χ0) is 28.6. The van der Waals surface area contributed by atoms with Gasteiger partial charge in [-0.15, -0.1) is 0 Å². The van der Waals surface area contributed by atoms with Crippen molar-refractivity contribution in [2.75, 3.05) is 13.2 Å². The lowest BCUT2D eigenvalue weighted by molar-refractivity contribution is -0.138.